The lowest BCUT2D eigenvalue weighted by atomic mass is 10.2. The van der Waals surface area contributed by atoms with E-state index in [0.29, 0.717) is 13.0 Å². The van der Waals surface area contributed by atoms with Gasteiger partial charge < -0.3 is 4.74 Å². The van der Waals surface area contributed by atoms with E-state index in [1.54, 1.807) is 0 Å². The first-order chi connectivity index (χ1) is 6.84. The fourth-order valence-corrected chi connectivity index (χ4v) is 1.21. The molecule has 0 aliphatic heterocycles. The van der Waals surface area contributed by atoms with Crippen LogP contribution in [0.1, 0.15) is 24.8 Å². The summed E-state index contributed by atoms with van der Waals surface area (Å²) in [5.74, 6) is 0.949. The number of nitrogens with zero attached hydrogens (tertiary/aromatic N) is 1. The second-order valence-electron chi connectivity index (χ2n) is 3.23. The zero-order valence-corrected chi connectivity index (χ0v) is 8.49. The van der Waals surface area contributed by atoms with Gasteiger partial charge in [0.2, 0.25) is 0 Å². The molecule has 0 fully saturated rings. The molecule has 0 amide bonds. The number of rotatable bonds is 5. The van der Waals surface area contributed by atoms with Crippen molar-refractivity contribution in [2.75, 3.05) is 6.61 Å². The number of nitriles is 1. The number of unbranched alkanes of at least 4 members (excludes halogenated alkanes) is 2. The first-order valence-electron chi connectivity index (χ1n) is 4.90. The minimum atomic E-state index is 0.622. The van der Waals surface area contributed by atoms with Crippen LogP contribution in [0.4, 0.5) is 0 Å². The van der Waals surface area contributed by atoms with Gasteiger partial charge in [0.05, 0.1) is 12.7 Å². The van der Waals surface area contributed by atoms with Gasteiger partial charge in [-0.05, 0) is 31.4 Å². The van der Waals surface area contributed by atoms with E-state index in [-0.39, 0.29) is 0 Å². The normalized spacial score (nSPS) is 9.43. The molecule has 0 saturated heterocycles. The van der Waals surface area contributed by atoms with Crippen LogP contribution in [0, 0.1) is 18.3 Å². The topological polar surface area (TPSA) is 33.0 Å². The predicted molar refractivity (Wildman–Crippen MR) is 56.1 cm³/mol. The molecule has 0 unspecified atom stereocenters. The lowest BCUT2D eigenvalue weighted by molar-refractivity contribution is 0.305. The standard InChI is InChI=1S/C12H15NO/c1-11-7-3-4-8-12(11)14-10-6-2-5-9-13/h3-4,7-8H,2,5-6,10H2,1H3. The van der Waals surface area contributed by atoms with E-state index in [4.69, 9.17) is 10.00 Å². The predicted octanol–water partition coefficient (Wildman–Crippen LogP) is 3.07. The molecule has 0 radical (unpaired) electrons. The van der Waals surface area contributed by atoms with Crippen molar-refractivity contribution in [1.82, 2.24) is 0 Å². The molecule has 0 aliphatic carbocycles. The zero-order valence-electron chi connectivity index (χ0n) is 8.49. The summed E-state index contributed by atoms with van der Waals surface area (Å²) in [5, 5.41) is 8.34. The molecule has 1 aromatic carbocycles. The molecular weight excluding hydrogens is 174 g/mol. The zero-order chi connectivity index (χ0) is 10.2. The summed E-state index contributed by atoms with van der Waals surface area (Å²) >= 11 is 0. The highest BCUT2D eigenvalue weighted by Gasteiger charge is 1.96. The third-order valence-electron chi connectivity index (χ3n) is 2.03. The third kappa shape index (κ3) is 3.49. The van der Waals surface area contributed by atoms with E-state index in [0.717, 1.165) is 24.2 Å². The molecule has 2 heteroatoms. The van der Waals surface area contributed by atoms with Crippen LogP contribution in [-0.4, -0.2) is 6.61 Å². The van der Waals surface area contributed by atoms with Crippen molar-refractivity contribution < 1.29 is 4.74 Å². The van der Waals surface area contributed by atoms with Gasteiger partial charge in [-0.1, -0.05) is 18.2 Å². The molecule has 0 aromatic heterocycles. The lowest BCUT2D eigenvalue weighted by Gasteiger charge is -2.07. The smallest absolute Gasteiger partial charge is 0.122 e. The Kier molecular flexibility index (Phi) is 4.57. The molecule has 14 heavy (non-hydrogen) atoms. The first-order valence-corrected chi connectivity index (χ1v) is 4.90. The Hall–Kier alpha value is -1.49. The maximum absolute atomic E-state index is 8.34. The van der Waals surface area contributed by atoms with E-state index in [2.05, 4.69) is 6.07 Å². The largest absolute Gasteiger partial charge is 0.493 e. The third-order valence-corrected chi connectivity index (χ3v) is 2.03. The Balaban J connectivity index is 2.25. The van der Waals surface area contributed by atoms with Gasteiger partial charge in [-0.15, -0.1) is 0 Å². The number of aryl methyl sites for hydroxylation is 1. The Bertz CT molecular complexity index is 314. The first kappa shape index (κ1) is 10.6. The number of benzene rings is 1. The monoisotopic (exact) mass is 189 g/mol. The number of hydrogen-bond donors (Lipinski definition) is 0. The average molecular weight is 189 g/mol. The molecule has 0 aliphatic rings. The van der Waals surface area contributed by atoms with E-state index >= 15 is 0 Å². The molecule has 0 atom stereocenters. The molecular formula is C12H15NO. The molecule has 0 heterocycles. The van der Waals surface area contributed by atoms with E-state index < -0.39 is 0 Å². The Morgan fingerprint density at radius 1 is 1.29 bits per heavy atom. The van der Waals surface area contributed by atoms with Gasteiger partial charge in [-0.3, -0.25) is 0 Å². The second-order valence-corrected chi connectivity index (χ2v) is 3.23. The van der Waals surface area contributed by atoms with Gasteiger partial charge in [0, 0.05) is 6.42 Å². The number of ether oxygens (including phenoxy) is 1. The van der Waals surface area contributed by atoms with Gasteiger partial charge in [-0.2, -0.15) is 5.26 Å². The SMILES string of the molecule is Cc1ccccc1OCCCCC#N. The molecule has 2 nitrogen and oxygen atoms in total. The number of para-hydroxylation sites is 1. The Morgan fingerprint density at radius 3 is 2.79 bits per heavy atom. The molecule has 74 valence electrons. The molecule has 1 aromatic rings. The minimum absolute atomic E-state index is 0.622. The molecule has 0 spiro atoms. The van der Waals surface area contributed by atoms with Crippen molar-refractivity contribution in [2.45, 2.75) is 26.2 Å². The maximum atomic E-state index is 8.34. The highest BCUT2D eigenvalue weighted by molar-refractivity contribution is 5.31. The highest BCUT2D eigenvalue weighted by atomic mass is 16.5. The minimum Gasteiger partial charge on any atom is -0.493 e. The van der Waals surface area contributed by atoms with Gasteiger partial charge in [0.15, 0.2) is 0 Å². The fraction of sp³-hybridized carbons (Fsp3) is 0.417. The van der Waals surface area contributed by atoms with Crippen LogP contribution in [0.15, 0.2) is 24.3 Å². The second kappa shape index (κ2) is 6.04. The van der Waals surface area contributed by atoms with Crippen molar-refractivity contribution in [3.05, 3.63) is 29.8 Å². The van der Waals surface area contributed by atoms with Crippen LogP contribution in [-0.2, 0) is 0 Å². The van der Waals surface area contributed by atoms with Crippen molar-refractivity contribution >= 4 is 0 Å². The summed E-state index contributed by atoms with van der Waals surface area (Å²) in [6.07, 6.45) is 2.49. The fourth-order valence-electron chi connectivity index (χ4n) is 1.21. The summed E-state index contributed by atoms with van der Waals surface area (Å²) in [7, 11) is 0. The summed E-state index contributed by atoms with van der Waals surface area (Å²) in [4.78, 5) is 0. The van der Waals surface area contributed by atoms with Crippen molar-refractivity contribution in [1.29, 1.82) is 5.26 Å². The Morgan fingerprint density at radius 2 is 2.07 bits per heavy atom. The number of hydrogen-bond acceptors (Lipinski definition) is 2. The molecule has 0 N–H and O–H groups in total. The maximum Gasteiger partial charge on any atom is 0.122 e. The van der Waals surface area contributed by atoms with Crippen LogP contribution < -0.4 is 4.74 Å². The van der Waals surface area contributed by atoms with Crippen LogP contribution in [0.3, 0.4) is 0 Å². The molecule has 1 rings (SSSR count). The van der Waals surface area contributed by atoms with Crippen LogP contribution in [0.25, 0.3) is 0 Å². The highest BCUT2D eigenvalue weighted by Crippen LogP contribution is 2.16. The van der Waals surface area contributed by atoms with Gasteiger partial charge in [0.25, 0.3) is 0 Å². The van der Waals surface area contributed by atoms with Crippen LogP contribution in [0.2, 0.25) is 0 Å². The van der Waals surface area contributed by atoms with Crippen molar-refractivity contribution in [2.24, 2.45) is 0 Å². The van der Waals surface area contributed by atoms with E-state index in [1.807, 2.05) is 31.2 Å². The van der Waals surface area contributed by atoms with Gasteiger partial charge >= 0.3 is 0 Å². The van der Waals surface area contributed by atoms with Gasteiger partial charge in [0.1, 0.15) is 5.75 Å². The summed E-state index contributed by atoms with van der Waals surface area (Å²) in [6.45, 7) is 2.73. The summed E-state index contributed by atoms with van der Waals surface area (Å²) in [6, 6.07) is 10.1. The van der Waals surface area contributed by atoms with Crippen LogP contribution in [0.5, 0.6) is 5.75 Å². The van der Waals surface area contributed by atoms with Crippen molar-refractivity contribution in [3.63, 3.8) is 0 Å². The molecule has 0 saturated carbocycles. The lowest BCUT2D eigenvalue weighted by Crippen LogP contribution is -1.98. The Labute approximate surface area is 85.1 Å². The summed E-state index contributed by atoms with van der Waals surface area (Å²) < 4.78 is 5.57. The van der Waals surface area contributed by atoms with E-state index in [9.17, 15) is 0 Å². The quantitative estimate of drug-likeness (QED) is 0.667. The average Bonchev–Trinajstić information content (AvgIpc) is 2.20. The van der Waals surface area contributed by atoms with Crippen LogP contribution >= 0.6 is 0 Å². The summed E-state index contributed by atoms with van der Waals surface area (Å²) in [5.41, 5.74) is 1.16. The van der Waals surface area contributed by atoms with Gasteiger partial charge in [-0.25, -0.2) is 0 Å². The van der Waals surface area contributed by atoms with E-state index in [1.165, 1.54) is 0 Å². The molecule has 0 bridgehead atoms. The van der Waals surface area contributed by atoms with Crippen molar-refractivity contribution in [3.8, 4) is 11.8 Å².